The average Bonchev–Trinajstić information content (AvgIpc) is 2.85. The summed E-state index contributed by atoms with van der Waals surface area (Å²) in [7, 11) is 0. The van der Waals surface area contributed by atoms with Gasteiger partial charge in [0, 0.05) is 27.6 Å². The van der Waals surface area contributed by atoms with Crippen molar-refractivity contribution in [3.8, 4) is 11.3 Å². The van der Waals surface area contributed by atoms with Gasteiger partial charge in [0.05, 0.1) is 5.69 Å². The van der Waals surface area contributed by atoms with Crippen LogP contribution in [0.4, 0.5) is 5.82 Å². The highest BCUT2D eigenvalue weighted by molar-refractivity contribution is 6.35. The summed E-state index contributed by atoms with van der Waals surface area (Å²) < 4.78 is 0. The van der Waals surface area contributed by atoms with E-state index in [0.717, 1.165) is 17.7 Å². The molecule has 0 aliphatic carbocycles. The van der Waals surface area contributed by atoms with E-state index in [0.29, 0.717) is 15.9 Å². The zero-order chi connectivity index (χ0) is 14.7. The van der Waals surface area contributed by atoms with Crippen molar-refractivity contribution in [1.29, 1.82) is 0 Å². The van der Waals surface area contributed by atoms with E-state index in [9.17, 15) is 4.79 Å². The van der Waals surface area contributed by atoms with E-state index < -0.39 is 0 Å². The quantitative estimate of drug-likeness (QED) is 0.881. The highest BCUT2D eigenvalue weighted by Gasteiger charge is 2.13. The summed E-state index contributed by atoms with van der Waals surface area (Å²) in [6, 6.07) is 6.97. The fourth-order valence-electron chi connectivity index (χ4n) is 1.68. The van der Waals surface area contributed by atoms with Gasteiger partial charge in [-0.25, -0.2) is 0 Å². The van der Waals surface area contributed by atoms with Crippen LogP contribution >= 0.6 is 23.2 Å². The van der Waals surface area contributed by atoms with Crippen LogP contribution in [0.3, 0.4) is 0 Å². The van der Waals surface area contributed by atoms with Gasteiger partial charge in [0.15, 0.2) is 5.82 Å². The van der Waals surface area contributed by atoms with Gasteiger partial charge in [0.25, 0.3) is 0 Å². The lowest BCUT2D eigenvalue weighted by atomic mass is 10.1. The maximum absolute atomic E-state index is 11.8. The molecule has 1 unspecified atom stereocenters. The van der Waals surface area contributed by atoms with Crippen molar-refractivity contribution < 1.29 is 4.79 Å². The van der Waals surface area contributed by atoms with Crippen molar-refractivity contribution in [3.63, 3.8) is 0 Å². The monoisotopic (exact) mass is 311 g/mol. The van der Waals surface area contributed by atoms with Gasteiger partial charge in [-0.05, 0) is 24.6 Å². The number of benzene rings is 1. The molecule has 2 aromatic rings. The Kier molecular flexibility index (Phi) is 4.68. The molecule has 1 aromatic carbocycles. The van der Waals surface area contributed by atoms with Crippen molar-refractivity contribution in [2.75, 3.05) is 5.32 Å². The number of anilines is 1. The van der Waals surface area contributed by atoms with E-state index in [1.165, 1.54) is 0 Å². The number of nitrogens with one attached hydrogen (secondary N) is 2. The first-order chi connectivity index (χ1) is 9.49. The largest absolute Gasteiger partial charge is 0.309 e. The van der Waals surface area contributed by atoms with E-state index in [-0.39, 0.29) is 11.8 Å². The van der Waals surface area contributed by atoms with Crippen molar-refractivity contribution in [3.05, 3.63) is 34.3 Å². The molecule has 0 radical (unpaired) electrons. The topological polar surface area (TPSA) is 57.8 Å². The predicted octanol–water partition coefficient (Wildman–Crippen LogP) is 4.37. The highest BCUT2D eigenvalue weighted by atomic mass is 35.5. The van der Waals surface area contributed by atoms with Gasteiger partial charge < -0.3 is 5.32 Å². The molecule has 20 heavy (non-hydrogen) atoms. The Bertz CT molecular complexity index is 604. The molecule has 0 saturated carbocycles. The van der Waals surface area contributed by atoms with Gasteiger partial charge in [-0.15, -0.1) is 0 Å². The second kappa shape index (κ2) is 6.29. The summed E-state index contributed by atoms with van der Waals surface area (Å²) in [4.78, 5) is 11.8. The normalized spacial score (nSPS) is 12.2. The fraction of sp³-hybridized carbons (Fsp3) is 0.286. The predicted molar refractivity (Wildman–Crippen MR) is 82.1 cm³/mol. The number of carbonyl (C=O) groups excluding carboxylic acids is 1. The maximum atomic E-state index is 11.8. The number of carbonyl (C=O) groups is 1. The average molecular weight is 312 g/mol. The first-order valence-corrected chi connectivity index (χ1v) is 7.08. The molecule has 0 aliphatic heterocycles. The lowest BCUT2D eigenvalue weighted by molar-refractivity contribution is -0.119. The van der Waals surface area contributed by atoms with Gasteiger partial charge in [-0.3, -0.25) is 9.89 Å². The molecule has 2 N–H and O–H groups in total. The van der Waals surface area contributed by atoms with E-state index >= 15 is 0 Å². The molecule has 0 aliphatic rings. The van der Waals surface area contributed by atoms with E-state index in [1.807, 2.05) is 13.8 Å². The molecule has 4 nitrogen and oxygen atoms in total. The molecule has 0 bridgehead atoms. The third kappa shape index (κ3) is 3.52. The van der Waals surface area contributed by atoms with Crippen LogP contribution in [0.15, 0.2) is 24.3 Å². The van der Waals surface area contributed by atoms with Gasteiger partial charge in [-0.2, -0.15) is 5.10 Å². The van der Waals surface area contributed by atoms with Crippen molar-refractivity contribution >= 4 is 34.9 Å². The Morgan fingerprint density at radius 3 is 2.55 bits per heavy atom. The summed E-state index contributed by atoms with van der Waals surface area (Å²) in [5.41, 5.74) is 1.56. The highest BCUT2D eigenvalue weighted by Crippen LogP contribution is 2.27. The van der Waals surface area contributed by atoms with Gasteiger partial charge in [0.1, 0.15) is 0 Å². The zero-order valence-corrected chi connectivity index (χ0v) is 12.7. The number of rotatable bonds is 4. The minimum atomic E-state index is -0.0466. The Morgan fingerprint density at radius 1 is 1.30 bits per heavy atom. The van der Waals surface area contributed by atoms with E-state index in [4.69, 9.17) is 23.2 Å². The second-order valence-corrected chi connectivity index (χ2v) is 5.50. The molecular formula is C14H15Cl2N3O. The van der Waals surface area contributed by atoms with Crippen LogP contribution in [0.2, 0.25) is 10.0 Å². The summed E-state index contributed by atoms with van der Waals surface area (Å²) in [6.07, 6.45) is 0.785. The first-order valence-electron chi connectivity index (χ1n) is 6.32. The Morgan fingerprint density at radius 2 is 1.95 bits per heavy atom. The van der Waals surface area contributed by atoms with Gasteiger partial charge in [-0.1, -0.05) is 37.0 Å². The Labute approximate surface area is 127 Å². The van der Waals surface area contributed by atoms with Crippen LogP contribution in [0, 0.1) is 5.92 Å². The number of hydrogen-bond acceptors (Lipinski definition) is 2. The number of hydrogen-bond donors (Lipinski definition) is 2. The minimum absolute atomic E-state index is 0.0456. The molecule has 0 saturated heterocycles. The van der Waals surface area contributed by atoms with Crippen LogP contribution in [-0.4, -0.2) is 16.1 Å². The lowest BCUT2D eigenvalue weighted by Gasteiger charge is -2.06. The Balaban J connectivity index is 2.18. The number of halogens is 2. The van der Waals surface area contributed by atoms with Crippen LogP contribution in [0.5, 0.6) is 0 Å². The lowest BCUT2D eigenvalue weighted by Crippen LogP contribution is -2.19. The van der Waals surface area contributed by atoms with Crippen LogP contribution in [0.25, 0.3) is 11.3 Å². The molecule has 1 aromatic heterocycles. The Hall–Kier alpha value is -1.52. The van der Waals surface area contributed by atoms with Crippen LogP contribution in [-0.2, 0) is 4.79 Å². The summed E-state index contributed by atoms with van der Waals surface area (Å²) in [6.45, 7) is 3.84. The number of H-pyrrole nitrogens is 1. The van der Waals surface area contributed by atoms with Gasteiger partial charge in [0.2, 0.25) is 5.91 Å². The van der Waals surface area contributed by atoms with Crippen LogP contribution < -0.4 is 5.32 Å². The van der Waals surface area contributed by atoms with E-state index in [1.54, 1.807) is 24.3 Å². The van der Waals surface area contributed by atoms with E-state index in [2.05, 4.69) is 15.5 Å². The van der Waals surface area contributed by atoms with Crippen molar-refractivity contribution in [2.45, 2.75) is 20.3 Å². The van der Waals surface area contributed by atoms with Crippen molar-refractivity contribution in [1.82, 2.24) is 10.2 Å². The SMILES string of the molecule is CCC(C)C(=O)Nc1cc(-c2cc(Cl)cc(Cl)c2)[nH]n1. The molecule has 6 heteroatoms. The third-order valence-electron chi connectivity index (χ3n) is 3.06. The first kappa shape index (κ1) is 14.9. The maximum Gasteiger partial charge on any atom is 0.228 e. The molecule has 106 valence electrons. The zero-order valence-electron chi connectivity index (χ0n) is 11.2. The summed E-state index contributed by atoms with van der Waals surface area (Å²) in [5, 5.41) is 10.8. The molecule has 1 amide bonds. The number of aromatic nitrogens is 2. The minimum Gasteiger partial charge on any atom is -0.309 e. The number of aromatic amines is 1. The molecule has 1 atom stereocenters. The van der Waals surface area contributed by atoms with Gasteiger partial charge >= 0.3 is 0 Å². The number of amides is 1. The smallest absolute Gasteiger partial charge is 0.228 e. The standard InChI is InChI=1S/C14H15Cl2N3O/c1-3-8(2)14(20)17-13-7-12(18-19-13)9-4-10(15)6-11(16)5-9/h4-8H,3H2,1-2H3,(H2,17,18,19,20). The van der Waals surface area contributed by atoms with Crippen molar-refractivity contribution in [2.24, 2.45) is 5.92 Å². The third-order valence-corrected chi connectivity index (χ3v) is 3.50. The fourth-order valence-corrected chi connectivity index (χ4v) is 2.20. The number of nitrogens with zero attached hydrogens (tertiary/aromatic N) is 1. The molecule has 1 heterocycles. The molecule has 2 rings (SSSR count). The summed E-state index contributed by atoms with van der Waals surface area (Å²) in [5.74, 6) is 0.395. The molecular weight excluding hydrogens is 297 g/mol. The molecule has 0 fully saturated rings. The molecule has 0 spiro atoms. The van der Waals surface area contributed by atoms with Crippen LogP contribution in [0.1, 0.15) is 20.3 Å². The summed E-state index contributed by atoms with van der Waals surface area (Å²) >= 11 is 11.9. The second-order valence-electron chi connectivity index (χ2n) is 4.62.